The maximum atomic E-state index is 13.1. The molecule has 0 unspecified atom stereocenters. The van der Waals surface area contributed by atoms with Gasteiger partial charge in [0.05, 0.1) is 4.90 Å². The molecule has 17 heavy (non-hydrogen) atoms. The van der Waals surface area contributed by atoms with Crippen LogP contribution >= 0.6 is 0 Å². The quantitative estimate of drug-likeness (QED) is 0.836. The summed E-state index contributed by atoms with van der Waals surface area (Å²) in [6.07, 6.45) is 0. The molecule has 0 atom stereocenters. The molecule has 0 aliphatic carbocycles. The number of sulfonamides is 1. The highest BCUT2D eigenvalue weighted by Gasteiger charge is 2.26. The number of hydrogen-bond donors (Lipinski definition) is 0. The van der Waals surface area contributed by atoms with Gasteiger partial charge >= 0.3 is 0 Å². The molecule has 0 aromatic heterocycles. The largest absolute Gasteiger partial charge is 0.243 e. The molecule has 1 aromatic rings. The fourth-order valence-corrected chi connectivity index (χ4v) is 3.50. The summed E-state index contributed by atoms with van der Waals surface area (Å²) in [4.78, 5) is 0.204. The normalized spacial score (nSPS) is 12.5. The van der Waals surface area contributed by atoms with Crippen molar-refractivity contribution in [2.75, 3.05) is 7.05 Å². The zero-order valence-corrected chi connectivity index (χ0v) is 11.6. The van der Waals surface area contributed by atoms with Crippen molar-refractivity contribution in [3.05, 3.63) is 29.1 Å². The number of aryl methyl sites for hydroxylation is 2. The maximum Gasteiger partial charge on any atom is 0.243 e. The number of nitrogens with zero attached hydrogens (tertiary/aromatic N) is 1. The van der Waals surface area contributed by atoms with Gasteiger partial charge in [-0.15, -0.1) is 0 Å². The van der Waals surface area contributed by atoms with E-state index in [1.807, 2.05) is 0 Å². The second-order valence-electron chi connectivity index (χ2n) is 4.48. The van der Waals surface area contributed by atoms with Crippen LogP contribution in [0.5, 0.6) is 0 Å². The highest BCUT2D eigenvalue weighted by molar-refractivity contribution is 7.89. The minimum absolute atomic E-state index is 0.135. The Labute approximate surface area is 102 Å². The molecule has 0 aliphatic rings. The first-order chi connectivity index (χ1) is 7.67. The first-order valence-electron chi connectivity index (χ1n) is 5.42. The molecule has 0 saturated heterocycles. The van der Waals surface area contributed by atoms with Gasteiger partial charge in [-0.3, -0.25) is 0 Å². The van der Waals surface area contributed by atoms with Crippen molar-refractivity contribution in [2.24, 2.45) is 0 Å². The highest BCUT2D eigenvalue weighted by Crippen LogP contribution is 2.25. The van der Waals surface area contributed by atoms with Crippen LogP contribution in [0.3, 0.4) is 0 Å². The maximum absolute atomic E-state index is 13.1. The Bertz CT molecular complexity index is 500. The first-order valence-corrected chi connectivity index (χ1v) is 6.86. The van der Waals surface area contributed by atoms with E-state index in [9.17, 15) is 12.8 Å². The van der Waals surface area contributed by atoms with Crippen molar-refractivity contribution in [1.82, 2.24) is 4.31 Å². The van der Waals surface area contributed by atoms with Gasteiger partial charge in [-0.25, -0.2) is 12.8 Å². The fourth-order valence-electron chi connectivity index (χ4n) is 1.73. The van der Waals surface area contributed by atoms with Crippen LogP contribution in [0.2, 0.25) is 0 Å². The van der Waals surface area contributed by atoms with Crippen molar-refractivity contribution >= 4 is 10.0 Å². The van der Waals surface area contributed by atoms with E-state index in [1.165, 1.54) is 23.5 Å². The topological polar surface area (TPSA) is 37.4 Å². The molecule has 0 radical (unpaired) electrons. The van der Waals surface area contributed by atoms with Gasteiger partial charge in [-0.05, 0) is 51.0 Å². The summed E-state index contributed by atoms with van der Waals surface area (Å²) < 4.78 is 39.1. The molecule has 1 aromatic carbocycles. The van der Waals surface area contributed by atoms with E-state index in [0.717, 1.165) is 0 Å². The third kappa shape index (κ3) is 2.66. The summed E-state index contributed by atoms with van der Waals surface area (Å²) in [6, 6.07) is 2.35. The molecule has 1 rings (SSSR count). The van der Waals surface area contributed by atoms with E-state index in [-0.39, 0.29) is 10.9 Å². The van der Waals surface area contributed by atoms with Crippen LogP contribution in [-0.2, 0) is 10.0 Å². The summed E-state index contributed by atoms with van der Waals surface area (Å²) in [5, 5.41) is 0. The molecule has 0 bridgehead atoms. The lowest BCUT2D eigenvalue weighted by molar-refractivity contribution is 0.410. The van der Waals surface area contributed by atoms with Crippen molar-refractivity contribution in [3.63, 3.8) is 0 Å². The average molecular weight is 259 g/mol. The summed E-state index contributed by atoms with van der Waals surface area (Å²) in [5.74, 6) is -0.411. The minimum Gasteiger partial charge on any atom is -0.207 e. The molecule has 5 heteroatoms. The highest BCUT2D eigenvalue weighted by atomic mass is 32.2. The van der Waals surface area contributed by atoms with Gasteiger partial charge in [0.1, 0.15) is 5.82 Å². The molecule has 3 nitrogen and oxygen atoms in total. The number of rotatable bonds is 3. The molecule has 96 valence electrons. The van der Waals surface area contributed by atoms with Gasteiger partial charge in [0.25, 0.3) is 0 Å². The van der Waals surface area contributed by atoms with Gasteiger partial charge in [-0.1, -0.05) is 0 Å². The number of benzene rings is 1. The Morgan fingerprint density at radius 2 is 1.59 bits per heavy atom. The second-order valence-corrected chi connectivity index (χ2v) is 6.42. The summed E-state index contributed by atoms with van der Waals surface area (Å²) in [6.45, 7) is 6.81. The Hall–Kier alpha value is -0.940. The lowest BCUT2D eigenvalue weighted by Crippen LogP contribution is -2.34. The van der Waals surface area contributed by atoms with Crippen LogP contribution in [0.1, 0.15) is 25.0 Å². The molecule has 0 fully saturated rings. The molecule has 0 heterocycles. The second kappa shape index (κ2) is 4.74. The van der Waals surface area contributed by atoms with E-state index in [1.54, 1.807) is 27.7 Å². The van der Waals surface area contributed by atoms with Gasteiger partial charge in [0.2, 0.25) is 10.0 Å². The van der Waals surface area contributed by atoms with E-state index >= 15 is 0 Å². The fraction of sp³-hybridized carbons (Fsp3) is 0.500. The molecular formula is C12H18FNO2S. The van der Waals surface area contributed by atoms with E-state index in [0.29, 0.717) is 11.1 Å². The molecule has 0 N–H and O–H groups in total. The minimum atomic E-state index is -3.55. The summed E-state index contributed by atoms with van der Waals surface area (Å²) >= 11 is 0. The summed E-state index contributed by atoms with van der Waals surface area (Å²) in [5.41, 5.74) is 0.880. The van der Waals surface area contributed by atoms with Gasteiger partial charge < -0.3 is 0 Å². The van der Waals surface area contributed by atoms with Crippen LogP contribution in [0.15, 0.2) is 17.0 Å². The molecule has 0 saturated carbocycles. The third-order valence-corrected chi connectivity index (χ3v) is 5.13. The van der Waals surface area contributed by atoms with Crippen LogP contribution in [-0.4, -0.2) is 25.8 Å². The predicted molar refractivity (Wildman–Crippen MR) is 66.0 cm³/mol. The summed E-state index contributed by atoms with van der Waals surface area (Å²) in [7, 11) is -2.02. The van der Waals surface area contributed by atoms with Crippen LogP contribution in [0.4, 0.5) is 4.39 Å². The first kappa shape index (κ1) is 14.1. The van der Waals surface area contributed by atoms with Crippen LogP contribution < -0.4 is 0 Å². The van der Waals surface area contributed by atoms with E-state index in [4.69, 9.17) is 0 Å². The van der Waals surface area contributed by atoms with Gasteiger partial charge in [0.15, 0.2) is 0 Å². The number of hydrogen-bond acceptors (Lipinski definition) is 2. The third-order valence-electron chi connectivity index (χ3n) is 2.79. The molecule has 0 spiro atoms. The van der Waals surface area contributed by atoms with Gasteiger partial charge in [-0.2, -0.15) is 4.31 Å². The number of halogens is 1. The van der Waals surface area contributed by atoms with Crippen molar-refractivity contribution in [1.29, 1.82) is 0 Å². The molecule has 0 amide bonds. The van der Waals surface area contributed by atoms with Crippen molar-refractivity contribution in [3.8, 4) is 0 Å². The Morgan fingerprint density at radius 1 is 1.18 bits per heavy atom. The Kier molecular flexibility index (Phi) is 3.94. The zero-order valence-electron chi connectivity index (χ0n) is 10.8. The van der Waals surface area contributed by atoms with Crippen LogP contribution in [0, 0.1) is 19.7 Å². The SMILES string of the molecule is Cc1cc(F)cc(C)c1S(=O)(=O)N(C)C(C)C. The molecular weight excluding hydrogens is 241 g/mol. The zero-order chi connectivity index (χ0) is 13.4. The van der Waals surface area contributed by atoms with Crippen molar-refractivity contribution < 1.29 is 12.8 Å². The van der Waals surface area contributed by atoms with E-state index in [2.05, 4.69) is 0 Å². The molecule has 0 aliphatic heterocycles. The standard InChI is InChI=1S/C12H18FNO2S/c1-8(2)14(5)17(15,16)12-9(3)6-11(13)7-10(12)4/h6-8H,1-5H3. The van der Waals surface area contributed by atoms with E-state index < -0.39 is 15.8 Å². The average Bonchev–Trinajstić information content (AvgIpc) is 2.13. The smallest absolute Gasteiger partial charge is 0.207 e. The Balaban J connectivity index is 3.45. The monoisotopic (exact) mass is 259 g/mol. The van der Waals surface area contributed by atoms with Crippen LogP contribution in [0.25, 0.3) is 0 Å². The van der Waals surface area contributed by atoms with Gasteiger partial charge in [0, 0.05) is 13.1 Å². The lowest BCUT2D eigenvalue weighted by atomic mass is 10.1. The Morgan fingerprint density at radius 3 is 1.94 bits per heavy atom. The predicted octanol–water partition coefficient (Wildman–Crippen LogP) is 2.47. The lowest BCUT2D eigenvalue weighted by Gasteiger charge is -2.23. The van der Waals surface area contributed by atoms with Crippen molar-refractivity contribution in [2.45, 2.75) is 38.6 Å².